The molecule has 0 spiro atoms. The number of nitrogens with one attached hydrogen (secondary N) is 1. The van der Waals surface area contributed by atoms with Gasteiger partial charge in [0.05, 0.1) is 30.9 Å². The number of ether oxygens (including phenoxy) is 3. The van der Waals surface area contributed by atoms with Gasteiger partial charge in [0.25, 0.3) is 5.91 Å². The van der Waals surface area contributed by atoms with Gasteiger partial charge >= 0.3 is 17.9 Å². The van der Waals surface area contributed by atoms with Crippen molar-refractivity contribution in [2.75, 3.05) is 26.1 Å². The van der Waals surface area contributed by atoms with Crippen LogP contribution in [0.3, 0.4) is 0 Å². The molecule has 0 aliphatic rings. The van der Waals surface area contributed by atoms with E-state index in [0.717, 1.165) is 5.56 Å². The summed E-state index contributed by atoms with van der Waals surface area (Å²) in [7, 11) is 2.35. The number of aryl methyl sites for hydroxylation is 1. The Hall–Kier alpha value is -4.79. The first-order valence-electron chi connectivity index (χ1n) is 10.7. The number of methoxy groups -OCH3 is 2. The number of hydrogen-bond donors (Lipinski definition) is 1. The minimum atomic E-state index is -0.861. The molecule has 0 saturated heterocycles. The van der Waals surface area contributed by atoms with Crippen LogP contribution in [-0.2, 0) is 19.0 Å². The van der Waals surface area contributed by atoms with E-state index in [9.17, 15) is 24.0 Å². The number of esters is 3. The van der Waals surface area contributed by atoms with Crippen molar-refractivity contribution in [1.29, 1.82) is 0 Å². The average Bonchev–Trinajstić information content (AvgIpc) is 2.90. The summed E-state index contributed by atoms with van der Waals surface area (Å²) >= 11 is 0. The van der Waals surface area contributed by atoms with Crippen LogP contribution in [0.5, 0.6) is 0 Å². The van der Waals surface area contributed by atoms with E-state index in [1.807, 2.05) is 6.92 Å². The molecule has 0 radical (unpaired) electrons. The Labute approximate surface area is 207 Å². The van der Waals surface area contributed by atoms with Crippen LogP contribution in [0.4, 0.5) is 5.69 Å². The van der Waals surface area contributed by atoms with Gasteiger partial charge in [-0.15, -0.1) is 0 Å². The third kappa shape index (κ3) is 6.20. The number of amides is 1. The monoisotopic (exact) mass is 489 g/mol. The van der Waals surface area contributed by atoms with Gasteiger partial charge in [-0.05, 0) is 31.2 Å². The van der Waals surface area contributed by atoms with Gasteiger partial charge in [-0.1, -0.05) is 48.0 Å². The smallest absolute Gasteiger partial charge is 0.339 e. The molecular weight excluding hydrogens is 466 g/mol. The normalized spacial score (nSPS) is 10.2. The van der Waals surface area contributed by atoms with Crippen LogP contribution in [0.1, 0.15) is 52.6 Å². The highest BCUT2D eigenvalue weighted by atomic mass is 16.5. The second kappa shape index (κ2) is 11.6. The van der Waals surface area contributed by atoms with Crippen molar-refractivity contribution in [2.24, 2.45) is 0 Å². The lowest BCUT2D eigenvalue weighted by Gasteiger charge is -2.11. The van der Waals surface area contributed by atoms with Crippen LogP contribution < -0.4 is 5.32 Å². The van der Waals surface area contributed by atoms with Crippen molar-refractivity contribution in [2.45, 2.75) is 6.92 Å². The summed E-state index contributed by atoms with van der Waals surface area (Å²) in [6.07, 6.45) is 0. The molecular formula is C27H23NO8. The van der Waals surface area contributed by atoms with Crippen molar-refractivity contribution in [1.82, 2.24) is 0 Å². The van der Waals surface area contributed by atoms with Crippen molar-refractivity contribution >= 4 is 35.3 Å². The zero-order valence-electron chi connectivity index (χ0n) is 19.8. The maximum Gasteiger partial charge on any atom is 0.339 e. The molecule has 9 heteroatoms. The first kappa shape index (κ1) is 25.8. The molecule has 184 valence electrons. The molecule has 36 heavy (non-hydrogen) atoms. The van der Waals surface area contributed by atoms with E-state index in [1.54, 1.807) is 36.4 Å². The fraction of sp³-hybridized carbons (Fsp3) is 0.148. The molecule has 3 rings (SSSR count). The van der Waals surface area contributed by atoms with E-state index < -0.39 is 30.4 Å². The predicted octanol–water partition coefficient (Wildman–Crippen LogP) is 3.59. The van der Waals surface area contributed by atoms with E-state index in [4.69, 9.17) is 4.74 Å². The zero-order chi connectivity index (χ0) is 26.2. The Morgan fingerprint density at radius 2 is 1.25 bits per heavy atom. The summed E-state index contributed by atoms with van der Waals surface area (Å²) < 4.78 is 14.4. The number of benzene rings is 3. The number of ketones is 1. The molecule has 1 amide bonds. The molecule has 0 saturated carbocycles. The molecule has 0 atom stereocenters. The first-order chi connectivity index (χ1) is 17.2. The standard InChI is InChI=1S/C27H23NO8/c1-16-8-10-17(11-9-16)24(30)21-6-4-5-7-22(21)27(33)36-15-23(29)28-20-13-18(25(31)34-2)12-19(14-20)26(32)35-3/h4-14H,15H2,1-3H3,(H,28,29). The summed E-state index contributed by atoms with van der Waals surface area (Å²) in [5, 5.41) is 2.46. The molecule has 0 aliphatic carbocycles. The highest BCUT2D eigenvalue weighted by Gasteiger charge is 2.20. The van der Waals surface area contributed by atoms with Crippen LogP contribution in [0.25, 0.3) is 0 Å². The van der Waals surface area contributed by atoms with Gasteiger partial charge in [-0.2, -0.15) is 0 Å². The largest absolute Gasteiger partial charge is 0.465 e. The van der Waals surface area contributed by atoms with Gasteiger partial charge in [0.1, 0.15) is 0 Å². The molecule has 0 fully saturated rings. The minimum absolute atomic E-state index is 0.0104. The molecule has 0 bridgehead atoms. The van der Waals surface area contributed by atoms with Gasteiger partial charge < -0.3 is 19.5 Å². The lowest BCUT2D eigenvalue weighted by Crippen LogP contribution is -2.22. The second-order valence-corrected chi connectivity index (χ2v) is 7.65. The van der Waals surface area contributed by atoms with E-state index in [1.165, 1.54) is 44.6 Å². The molecule has 0 aromatic heterocycles. The molecule has 0 aliphatic heterocycles. The molecule has 0 unspecified atom stereocenters. The molecule has 1 N–H and O–H groups in total. The van der Waals surface area contributed by atoms with Crippen LogP contribution in [0.2, 0.25) is 0 Å². The number of carbonyl (C=O) groups excluding carboxylic acids is 5. The van der Waals surface area contributed by atoms with Gasteiger partial charge in [0.15, 0.2) is 12.4 Å². The van der Waals surface area contributed by atoms with Gasteiger partial charge in [-0.25, -0.2) is 14.4 Å². The van der Waals surface area contributed by atoms with Crippen LogP contribution in [0, 0.1) is 6.92 Å². The summed E-state index contributed by atoms with van der Waals surface area (Å²) in [5.41, 5.74) is 1.66. The highest BCUT2D eigenvalue weighted by molar-refractivity contribution is 6.14. The number of hydrogen-bond acceptors (Lipinski definition) is 8. The third-order valence-electron chi connectivity index (χ3n) is 5.10. The number of rotatable bonds is 8. The zero-order valence-corrected chi connectivity index (χ0v) is 19.8. The maximum atomic E-state index is 12.9. The van der Waals surface area contributed by atoms with Crippen molar-refractivity contribution in [3.8, 4) is 0 Å². The highest BCUT2D eigenvalue weighted by Crippen LogP contribution is 2.18. The molecule has 3 aromatic carbocycles. The number of carbonyl (C=O) groups is 5. The van der Waals surface area contributed by atoms with E-state index in [2.05, 4.69) is 14.8 Å². The van der Waals surface area contributed by atoms with Crippen molar-refractivity contribution in [3.63, 3.8) is 0 Å². The summed E-state index contributed by atoms with van der Waals surface area (Å²) in [4.78, 5) is 61.9. The van der Waals surface area contributed by atoms with Gasteiger partial charge in [0.2, 0.25) is 0 Å². The second-order valence-electron chi connectivity index (χ2n) is 7.65. The van der Waals surface area contributed by atoms with Crippen molar-refractivity contribution < 1.29 is 38.2 Å². The lowest BCUT2D eigenvalue weighted by molar-refractivity contribution is -0.119. The van der Waals surface area contributed by atoms with Crippen LogP contribution in [0.15, 0.2) is 66.7 Å². The fourth-order valence-electron chi connectivity index (χ4n) is 3.30. The van der Waals surface area contributed by atoms with Crippen molar-refractivity contribution in [3.05, 3.63) is 100 Å². The Bertz CT molecular complexity index is 1290. The summed E-state index contributed by atoms with van der Waals surface area (Å²) in [6.45, 7) is 1.22. The predicted molar refractivity (Wildman–Crippen MR) is 129 cm³/mol. The van der Waals surface area contributed by atoms with Crippen LogP contribution >= 0.6 is 0 Å². The summed E-state index contributed by atoms with van der Waals surface area (Å²) in [5.74, 6) is -3.40. The Balaban J connectivity index is 1.73. The topological polar surface area (TPSA) is 125 Å². The Kier molecular flexibility index (Phi) is 8.30. The maximum absolute atomic E-state index is 12.9. The SMILES string of the molecule is COC(=O)c1cc(NC(=O)COC(=O)c2ccccc2C(=O)c2ccc(C)cc2)cc(C(=O)OC)c1. The molecule has 0 heterocycles. The Morgan fingerprint density at radius 3 is 1.81 bits per heavy atom. The minimum Gasteiger partial charge on any atom is -0.465 e. The lowest BCUT2D eigenvalue weighted by atomic mass is 9.98. The fourth-order valence-corrected chi connectivity index (χ4v) is 3.30. The van der Waals surface area contributed by atoms with Gasteiger partial charge in [-0.3, -0.25) is 9.59 Å². The molecule has 3 aromatic rings. The average molecular weight is 489 g/mol. The van der Waals surface area contributed by atoms with Crippen LogP contribution in [-0.4, -0.2) is 50.4 Å². The first-order valence-corrected chi connectivity index (χ1v) is 10.7. The Morgan fingerprint density at radius 1 is 0.694 bits per heavy atom. The van der Waals surface area contributed by atoms with E-state index in [0.29, 0.717) is 5.56 Å². The number of anilines is 1. The summed E-state index contributed by atoms with van der Waals surface area (Å²) in [6, 6.07) is 16.9. The van der Waals surface area contributed by atoms with E-state index in [-0.39, 0.29) is 33.7 Å². The third-order valence-corrected chi connectivity index (χ3v) is 5.10. The molecule has 9 nitrogen and oxygen atoms in total. The van der Waals surface area contributed by atoms with Gasteiger partial charge in [0, 0.05) is 16.8 Å². The van der Waals surface area contributed by atoms with E-state index >= 15 is 0 Å². The quantitative estimate of drug-likeness (QED) is 0.289.